The van der Waals surface area contributed by atoms with Gasteiger partial charge in [0.15, 0.2) is 11.6 Å². The van der Waals surface area contributed by atoms with Gasteiger partial charge in [0.25, 0.3) is 0 Å². The molecule has 7 nitrogen and oxygen atoms in total. The van der Waals surface area contributed by atoms with Crippen LogP contribution < -0.4 is 5.32 Å². The van der Waals surface area contributed by atoms with Crippen molar-refractivity contribution in [2.24, 2.45) is 0 Å². The number of carbonyl (C=O) groups excluding carboxylic acids is 2. The normalized spacial score (nSPS) is 14.7. The van der Waals surface area contributed by atoms with Crippen LogP contribution in [0.2, 0.25) is 0 Å². The molecule has 0 spiro atoms. The molecule has 22 heavy (non-hydrogen) atoms. The highest BCUT2D eigenvalue weighted by atomic mass is 16.5. The van der Waals surface area contributed by atoms with Crippen LogP contribution in [0.5, 0.6) is 0 Å². The molecule has 2 heterocycles. The number of piperazine rings is 1. The molecule has 2 aromatic rings. The summed E-state index contributed by atoms with van der Waals surface area (Å²) in [5, 5.41) is 6.57. The maximum atomic E-state index is 12.1. The van der Waals surface area contributed by atoms with Crippen LogP contribution in [0.1, 0.15) is 0 Å². The van der Waals surface area contributed by atoms with E-state index in [9.17, 15) is 9.59 Å². The van der Waals surface area contributed by atoms with Crippen molar-refractivity contribution in [3.63, 3.8) is 0 Å². The summed E-state index contributed by atoms with van der Waals surface area (Å²) in [5.41, 5.74) is 0.898. The summed E-state index contributed by atoms with van der Waals surface area (Å²) >= 11 is 0. The lowest BCUT2D eigenvalue weighted by molar-refractivity contribution is -0.119. The van der Waals surface area contributed by atoms with Gasteiger partial charge in [0.2, 0.25) is 6.41 Å². The van der Waals surface area contributed by atoms with E-state index < -0.39 is 0 Å². The van der Waals surface area contributed by atoms with E-state index in [0.29, 0.717) is 37.8 Å². The number of hydrogen-bond donors (Lipinski definition) is 1. The molecule has 0 bridgehead atoms. The number of anilines is 1. The van der Waals surface area contributed by atoms with Gasteiger partial charge in [0, 0.05) is 37.8 Å². The van der Waals surface area contributed by atoms with Gasteiger partial charge in [0.05, 0.1) is 0 Å². The molecule has 1 aliphatic heterocycles. The van der Waals surface area contributed by atoms with Crippen LogP contribution in [0.4, 0.5) is 10.6 Å². The number of aromatic nitrogens is 1. The molecule has 0 saturated carbocycles. The molecular weight excluding hydrogens is 284 g/mol. The van der Waals surface area contributed by atoms with Crippen LogP contribution in [-0.2, 0) is 4.79 Å². The topological polar surface area (TPSA) is 78.7 Å². The Morgan fingerprint density at radius 3 is 2.59 bits per heavy atom. The number of hydrogen-bond acceptors (Lipinski definition) is 4. The van der Waals surface area contributed by atoms with Gasteiger partial charge in [-0.3, -0.25) is 10.1 Å². The van der Waals surface area contributed by atoms with Crippen LogP contribution in [0.3, 0.4) is 0 Å². The monoisotopic (exact) mass is 300 g/mol. The quantitative estimate of drug-likeness (QED) is 0.874. The Balaban J connectivity index is 1.61. The number of nitrogens with one attached hydrogen (secondary N) is 1. The van der Waals surface area contributed by atoms with E-state index in [4.69, 9.17) is 4.52 Å². The first-order valence-corrected chi connectivity index (χ1v) is 7.03. The molecule has 0 atom stereocenters. The highest BCUT2D eigenvalue weighted by Crippen LogP contribution is 2.22. The van der Waals surface area contributed by atoms with Crippen molar-refractivity contribution in [2.45, 2.75) is 0 Å². The highest BCUT2D eigenvalue weighted by molar-refractivity contribution is 5.88. The number of urea groups is 1. The van der Waals surface area contributed by atoms with E-state index in [0.717, 1.165) is 12.0 Å². The molecule has 3 amide bonds. The second-order valence-corrected chi connectivity index (χ2v) is 5.00. The number of amides is 3. The summed E-state index contributed by atoms with van der Waals surface area (Å²) in [7, 11) is 0. The zero-order valence-electron chi connectivity index (χ0n) is 11.9. The average Bonchev–Trinajstić information content (AvgIpc) is 3.04. The predicted octanol–water partition coefficient (Wildman–Crippen LogP) is 1.65. The highest BCUT2D eigenvalue weighted by Gasteiger charge is 2.21. The standard InChI is InChI=1S/C15H16N4O3/c20-11-18-6-8-19(9-7-18)15(21)16-14-10-13(22-17-14)12-4-2-1-3-5-12/h1-5,10-11H,6-9H2,(H,16,17,21). The first kappa shape index (κ1) is 14.1. The first-order chi connectivity index (χ1) is 10.8. The van der Waals surface area contributed by atoms with Gasteiger partial charge in [-0.25, -0.2) is 4.79 Å². The van der Waals surface area contributed by atoms with Crippen LogP contribution in [0.25, 0.3) is 11.3 Å². The van der Waals surface area contributed by atoms with Crippen molar-refractivity contribution >= 4 is 18.3 Å². The minimum atomic E-state index is -0.238. The molecule has 0 unspecified atom stereocenters. The van der Waals surface area contributed by atoms with E-state index in [2.05, 4.69) is 10.5 Å². The Morgan fingerprint density at radius 2 is 1.91 bits per heavy atom. The molecule has 0 radical (unpaired) electrons. The van der Waals surface area contributed by atoms with E-state index in [1.54, 1.807) is 15.9 Å². The predicted molar refractivity (Wildman–Crippen MR) is 80.2 cm³/mol. The van der Waals surface area contributed by atoms with Gasteiger partial charge in [-0.2, -0.15) is 0 Å². The van der Waals surface area contributed by atoms with Crippen LogP contribution in [0.15, 0.2) is 40.9 Å². The third kappa shape index (κ3) is 3.08. The van der Waals surface area contributed by atoms with Crippen molar-refractivity contribution in [3.8, 4) is 11.3 Å². The third-order valence-electron chi connectivity index (χ3n) is 3.55. The summed E-state index contributed by atoms with van der Waals surface area (Å²) in [6, 6.07) is 11.0. The summed E-state index contributed by atoms with van der Waals surface area (Å²) in [6.45, 7) is 2.11. The minimum Gasteiger partial charge on any atom is -0.354 e. The molecular formula is C15H16N4O3. The lowest BCUT2D eigenvalue weighted by atomic mass is 10.2. The zero-order chi connectivity index (χ0) is 15.4. The van der Waals surface area contributed by atoms with Gasteiger partial charge in [-0.05, 0) is 0 Å². The molecule has 1 aromatic heterocycles. The number of benzene rings is 1. The smallest absolute Gasteiger partial charge is 0.323 e. The summed E-state index contributed by atoms with van der Waals surface area (Å²) in [5.74, 6) is 0.975. The fourth-order valence-electron chi connectivity index (χ4n) is 2.29. The average molecular weight is 300 g/mol. The van der Waals surface area contributed by atoms with Gasteiger partial charge in [-0.15, -0.1) is 0 Å². The number of rotatable bonds is 3. The first-order valence-electron chi connectivity index (χ1n) is 7.03. The van der Waals surface area contributed by atoms with E-state index in [1.807, 2.05) is 30.3 Å². The SMILES string of the molecule is O=CN1CCN(C(=O)Nc2cc(-c3ccccc3)on2)CC1. The lowest BCUT2D eigenvalue weighted by Gasteiger charge is -2.32. The lowest BCUT2D eigenvalue weighted by Crippen LogP contribution is -2.49. The summed E-state index contributed by atoms with van der Waals surface area (Å²) in [6.07, 6.45) is 0.805. The van der Waals surface area contributed by atoms with Crippen molar-refractivity contribution in [1.29, 1.82) is 0 Å². The maximum Gasteiger partial charge on any atom is 0.323 e. The van der Waals surface area contributed by atoms with E-state index in [-0.39, 0.29) is 6.03 Å². The van der Waals surface area contributed by atoms with Crippen molar-refractivity contribution < 1.29 is 14.1 Å². The zero-order valence-corrected chi connectivity index (χ0v) is 11.9. The van der Waals surface area contributed by atoms with Crippen molar-refractivity contribution in [3.05, 3.63) is 36.4 Å². The van der Waals surface area contributed by atoms with E-state index in [1.165, 1.54) is 0 Å². The largest absolute Gasteiger partial charge is 0.354 e. The summed E-state index contributed by atoms with van der Waals surface area (Å²) < 4.78 is 5.24. The van der Waals surface area contributed by atoms with Gasteiger partial charge in [-0.1, -0.05) is 35.5 Å². The van der Waals surface area contributed by atoms with Gasteiger partial charge in [0.1, 0.15) is 0 Å². The van der Waals surface area contributed by atoms with Crippen LogP contribution in [-0.4, -0.2) is 53.6 Å². The molecule has 1 fully saturated rings. The third-order valence-corrected chi connectivity index (χ3v) is 3.55. The maximum absolute atomic E-state index is 12.1. The fraction of sp³-hybridized carbons (Fsp3) is 0.267. The minimum absolute atomic E-state index is 0.238. The van der Waals surface area contributed by atoms with Crippen molar-refractivity contribution in [2.75, 3.05) is 31.5 Å². The Labute approximate surface area is 127 Å². The molecule has 1 aromatic carbocycles. The van der Waals surface area contributed by atoms with Gasteiger partial charge < -0.3 is 14.3 Å². The van der Waals surface area contributed by atoms with Crippen molar-refractivity contribution in [1.82, 2.24) is 15.0 Å². The van der Waals surface area contributed by atoms with Crippen LogP contribution >= 0.6 is 0 Å². The molecule has 114 valence electrons. The molecule has 1 aliphatic rings. The Morgan fingerprint density at radius 1 is 1.18 bits per heavy atom. The van der Waals surface area contributed by atoms with Crippen LogP contribution in [0, 0.1) is 0 Å². The Hall–Kier alpha value is -2.83. The molecule has 0 aliphatic carbocycles. The van der Waals surface area contributed by atoms with Gasteiger partial charge >= 0.3 is 6.03 Å². The summed E-state index contributed by atoms with van der Waals surface area (Å²) in [4.78, 5) is 26.1. The Bertz CT molecular complexity index is 648. The number of carbonyl (C=O) groups is 2. The Kier molecular flexibility index (Phi) is 4.04. The molecule has 1 saturated heterocycles. The fourth-order valence-corrected chi connectivity index (χ4v) is 2.29. The number of nitrogens with zero attached hydrogens (tertiary/aromatic N) is 3. The molecule has 1 N–H and O–H groups in total. The molecule has 7 heteroatoms. The second-order valence-electron chi connectivity index (χ2n) is 5.00. The second kappa shape index (κ2) is 6.30. The van der Waals surface area contributed by atoms with E-state index >= 15 is 0 Å². The molecule has 3 rings (SSSR count).